The highest BCUT2D eigenvalue weighted by Gasteiger charge is 2.15. The topological polar surface area (TPSA) is 63.6 Å². The lowest BCUT2D eigenvalue weighted by atomic mass is 10.0. The summed E-state index contributed by atoms with van der Waals surface area (Å²) in [6.45, 7) is 4.39. The highest BCUT2D eigenvalue weighted by Crippen LogP contribution is 2.17. The molecule has 4 heteroatoms. The van der Waals surface area contributed by atoms with Gasteiger partial charge in [0.2, 0.25) is 0 Å². The number of carboxylic acids is 1. The first-order valence-electron chi connectivity index (χ1n) is 16.0. The van der Waals surface area contributed by atoms with Gasteiger partial charge >= 0.3 is 11.9 Å². The van der Waals surface area contributed by atoms with E-state index in [1.165, 1.54) is 77.0 Å². The predicted octanol–water partition coefficient (Wildman–Crippen LogP) is 10.7. The Morgan fingerprint density at radius 1 is 0.605 bits per heavy atom. The highest BCUT2D eigenvalue weighted by atomic mass is 16.5. The van der Waals surface area contributed by atoms with Crippen molar-refractivity contribution in [1.29, 1.82) is 0 Å². The quantitative estimate of drug-likeness (QED) is 0.0618. The van der Waals surface area contributed by atoms with Gasteiger partial charge in [0.1, 0.15) is 6.10 Å². The zero-order valence-corrected chi connectivity index (χ0v) is 25.0. The summed E-state index contributed by atoms with van der Waals surface area (Å²) in [6.07, 6.45) is 37.3. The molecule has 0 aromatic heterocycles. The summed E-state index contributed by atoms with van der Waals surface area (Å²) < 4.78 is 5.76. The molecule has 38 heavy (non-hydrogen) atoms. The molecule has 1 atom stereocenters. The van der Waals surface area contributed by atoms with E-state index in [2.05, 4.69) is 50.3 Å². The summed E-state index contributed by atoms with van der Waals surface area (Å²) in [5.74, 6) is -0.881. The third-order valence-corrected chi connectivity index (χ3v) is 6.88. The Balaban J connectivity index is 3.81. The maximum absolute atomic E-state index is 12.4. The number of esters is 1. The Morgan fingerprint density at radius 2 is 1.13 bits per heavy atom. The Labute approximate surface area is 235 Å². The van der Waals surface area contributed by atoms with Crippen molar-refractivity contribution >= 4 is 11.9 Å². The van der Waals surface area contributed by atoms with Crippen LogP contribution in [-0.4, -0.2) is 23.1 Å². The Hall–Kier alpha value is -1.84. The second-order valence-electron chi connectivity index (χ2n) is 10.6. The molecule has 0 aliphatic carbocycles. The monoisotopic (exact) mass is 532 g/mol. The molecule has 0 saturated carbocycles. The summed E-state index contributed by atoms with van der Waals surface area (Å²) in [4.78, 5) is 23.2. The second-order valence-corrected chi connectivity index (χ2v) is 10.6. The highest BCUT2D eigenvalue weighted by molar-refractivity contribution is 5.69. The van der Waals surface area contributed by atoms with Gasteiger partial charge < -0.3 is 9.84 Å². The van der Waals surface area contributed by atoms with E-state index in [1.54, 1.807) is 0 Å². The van der Waals surface area contributed by atoms with Crippen LogP contribution in [0.2, 0.25) is 0 Å². The lowest BCUT2D eigenvalue weighted by Crippen LogP contribution is -2.18. The molecule has 0 fully saturated rings. The van der Waals surface area contributed by atoms with Crippen molar-refractivity contribution in [3.05, 3.63) is 36.5 Å². The lowest BCUT2D eigenvalue weighted by Gasteiger charge is -2.18. The van der Waals surface area contributed by atoms with Crippen molar-refractivity contribution in [2.75, 3.05) is 0 Å². The van der Waals surface area contributed by atoms with Crippen molar-refractivity contribution in [3.8, 4) is 0 Å². The summed E-state index contributed by atoms with van der Waals surface area (Å²) in [5.41, 5.74) is 0. The molecule has 0 bridgehead atoms. The van der Waals surface area contributed by atoms with Crippen LogP contribution in [-0.2, 0) is 14.3 Å². The molecule has 220 valence electrons. The number of allylic oxidation sites excluding steroid dienone is 6. The van der Waals surface area contributed by atoms with Crippen LogP contribution in [0.15, 0.2) is 36.5 Å². The van der Waals surface area contributed by atoms with E-state index >= 15 is 0 Å². The van der Waals surface area contributed by atoms with Gasteiger partial charge in [-0.1, -0.05) is 121 Å². The second kappa shape index (κ2) is 29.7. The zero-order chi connectivity index (χ0) is 27.9. The van der Waals surface area contributed by atoms with Crippen molar-refractivity contribution in [3.63, 3.8) is 0 Å². The molecule has 0 spiro atoms. The van der Waals surface area contributed by atoms with Crippen molar-refractivity contribution in [2.24, 2.45) is 0 Å². The smallest absolute Gasteiger partial charge is 0.306 e. The number of unbranched alkanes of at least 4 members (excludes halogenated alkanes) is 13. The molecule has 1 N–H and O–H groups in total. The fourth-order valence-electron chi connectivity index (χ4n) is 4.56. The summed E-state index contributed by atoms with van der Waals surface area (Å²) in [5, 5.41) is 8.93. The molecular formula is C34H60O4. The fourth-order valence-corrected chi connectivity index (χ4v) is 4.56. The average Bonchev–Trinajstić information content (AvgIpc) is 2.89. The molecule has 4 nitrogen and oxygen atoms in total. The minimum atomic E-state index is -0.776. The maximum Gasteiger partial charge on any atom is 0.306 e. The first kappa shape index (κ1) is 36.2. The first-order valence-corrected chi connectivity index (χ1v) is 16.0. The molecule has 0 aromatic rings. The van der Waals surface area contributed by atoms with E-state index in [9.17, 15) is 9.59 Å². The van der Waals surface area contributed by atoms with Crippen LogP contribution in [0.3, 0.4) is 0 Å². The van der Waals surface area contributed by atoms with Gasteiger partial charge in [0.25, 0.3) is 0 Å². The molecule has 0 aromatic carbocycles. The predicted molar refractivity (Wildman–Crippen MR) is 162 cm³/mol. The molecular weight excluding hydrogens is 472 g/mol. The molecule has 0 saturated heterocycles. The van der Waals surface area contributed by atoms with E-state index in [0.717, 1.165) is 44.9 Å². The van der Waals surface area contributed by atoms with E-state index in [0.29, 0.717) is 19.3 Å². The summed E-state index contributed by atoms with van der Waals surface area (Å²) in [7, 11) is 0. The van der Waals surface area contributed by atoms with Crippen molar-refractivity contribution in [2.45, 2.75) is 168 Å². The van der Waals surface area contributed by atoms with Crippen LogP contribution < -0.4 is 0 Å². The van der Waals surface area contributed by atoms with Gasteiger partial charge in [0.15, 0.2) is 0 Å². The molecule has 0 heterocycles. The van der Waals surface area contributed by atoms with Crippen LogP contribution in [0.25, 0.3) is 0 Å². The van der Waals surface area contributed by atoms with Gasteiger partial charge in [-0.25, -0.2) is 0 Å². The van der Waals surface area contributed by atoms with Crippen LogP contribution in [0.1, 0.15) is 162 Å². The standard InChI is InChI=1S/C34H60O4/c1-3-5-7-9-11-12-13-14-15-16-17-18-19-20-22-24-26-31-34(37)38-32(29-27-30-33(35)36)28-25-23-21-10-8-6-4-2/h5,7,11-12,14-15,32H,3-4,6,8-10,13,16-31H2,1-2H3,(H,35,36)/b7-5-,12-11-,15-14-. The van der Waals surface area contributed by atoms with E-state index in [1.807, 2.05) is 0 Å². The first-order chi connectivity index (χ1) is 18.6. The van der Waals surface area contributed by atoms with Gasteiger partial charge in [-0.3, -0.25) is 9.59 Å². The normalized spacial score (nSPS) is 12.7. The van der Waals surface area contributed by atoms with E-state index in [4.69, 9.17) is 9.84 Å². The number of carbonyl (C=O) groups excluding carboxylic acids is 1. The fraction of sp³-hybridized carbons (Fsp3) is 0.765. The molecule has 0 aliphatic heterocycles. The number of carboxylic acid groups (broad SMARTS) is 1. The Morgan fingerprint density at radius 3 is 1.76 bits per heavy atom. The Bertz CT molecular complexity index is 620. The average molecular weight is 533 g/mol. The zero-order valence-electron chi connectivity index (χ0n) is 25.0. The number of aliphatic carboxylic acids is 1. The van der Waals surface area contributed by atoms with Crippen molar-refractivity contribution < 1.29 is 19.4 Å². The van der Waals surface area contributed by atoms with Crippen LogP contribution in [0.4, 0.5) is 0 Å². The summed E-state index contributed by atoms with van der Waals surface area (Å²) >= 11 is 0. The molecule has 0 amide bonds. The maximum atomic E-state index is 12.4. The van der Waals surface area contributed by atoms with Gasteiger partial charge in [-0.15, -0.1) is 0 Å². The van der Waals surface area contributed by atoms with E-state index in [-0.39, 0.29) is 18.5 Å². The molecule has 0 aliphatic rings. The Kier molecular flexibility index (Phi) is 28.3. The van der Waals surface area contributed by atoms with Crippen LogP contribution >= 0.6 is 0 Å². The van der Waals surface area contributed by atoms with E-state index < -0.39 is 5.97 Å². The van der Waals surface area contributed by atoms with Gasteiger partial charge in [-0.05, 0) is 64.2 Å². The third kappa shape index (κ3) is 28.7. The van der Waals surface area contributed by atoms with Gasteiger partial charge in [0.05, 0.1) is 0 Å². The number of hydrogen-bond acceptors (Lipinski definition) is 3. The molecule has 0 rings (SSSR count). The minimum absolute atomic E-state index is 0.104. The van der Waals surface area contributed by atoms with Crippen molar-refractivity contribution in [1.82, 2.24) is 0 Å². The van der Waals surface area contributed by atoms with Gasteiger partial charge in [-0.2, -0.15) is 0 Å². The lowest BCUT2D eigenvalue weighted by molar-refractivity contribution is -0.150. The number of carbonyl (C=O) groups is 2. The SMILES string of the molecule is CC/C=C\C/C=C\C/C=C\CCCCCCCCCC(=O)OC(CCCCCCCCC)CCCC(=O)O. The largest absolute Gasteiger partial charge is 0.481 e. The number of ether oxygens (including phenoxy) is 1. The van der Waals surface area contributed by atoms with Gasteiger partial charge in [0, 0.05) is 12.8 Å². The van der Waals surface area contributed by atoms with Crippen LogP contribution in [0.5, 0.6) is 0 Å². The third-order valence-electron chi connectivity index (χ3n) is 6.88. The number of hydrogen-bond donors (Lipinski definition) is 1. The minimum Gasteiger partial charge on any atom is -0.481 e. The number of rotatable bonds is 28. The molecule has 0 radical (unpaired) electrons. The van der Waals surface area contributed by atoms with Crippen LogP contribution in [0, 0.1) is 0 Å². The summed E-state index contributed by atoms with van der Waals surface area (Å²) in [6, 6.07) is 0. The molecule has 1 unspecified atom stereocenters.